The fourth-order valence-corrected chi connectivity index (χ4v) is 6.14. The predicted octanol–water partition coefficient (Wildman–Crippen LogP) is 4.77. The van der Waals surface area contributed by atoms with Gasteiger partial charge in [-0.05, 0) is 42.3 Å². The molecular formula is C19H19F3N3O4P. The van der Waals surface area contributed by atoms with Gasteiger partial charge in [0.2, 0.25) is 13.2 Å². The summed E-state index contributed by atoms with van der Waals surface area (Å²) in [6, 6.07) is 8.33. The summed E-state index contributed by atoms with van der Waals surface area (Å²) in [5.41, 5.74) is -0.413. The second kappa shape index (κ2) is 7.68. The molecule has 2 aliphatic heterocycles. The van der Waals surface area contributed by atoms with Crippen LogP contribution in [0, 0.1) is 10.1 Å². The van der Waals surface area contributed by atoms with E-state index in [9.17, 15) is 27.9 Å². The first-order chi connectivity index (χ1) is 14.2. The van der Waals surface area contributed by atoms with Crippen molar-refractivity contribution in [2.24, 2.45) is 0 Å². The summed E-state index contributed by atoms with van der Waals surface area (Å²) in [6.07, 6.45) is -3.59. The van der Waals surface area contributed by atoms with E-state index in [1.54, 1.807) is 6.07 Å². The zero-order chi connectivity index (χ0) is 21.5. The SMILES string of the molecule is O=[N+]([O-])c1ccc(CCP(=O)(N2CC2)N2CC2)cc1Oc1ccc(C(F)(F)F)cc1. The molecule has 0 amide bonds. The minimum atomic E-state index is -4.48. The fraction of sp³-hybridized carbons (Fsp3) is 0.368. The average molecular weight is 441 g/mol. The van der Waals surface area contributed by atoms with Crippen molar-refractivity contribution in [1.82, 2.24) is 9.34 Å². The standard InChI is InChI=1S/C19H19F3N3O4P/c20-19(21,22)15-2-4-16(5-3-15)29-18-13-14(1-6-17(18)25(26)27)7-12-30(28,23-8-9-23)24-10-11-24/h1-6,13H,7-12H2. The Morgan fingerprint density at radius 1 is 1.03 bits per heavy atom. The number of benzene rings is 2. The second-order valence-electron chi connectivity index (χ2n) is 7.23. The Balaban J connectivity index is 1.53. The van der Waals surface area contributed by atoms with Crippen LogP contribution < -0.4 is 4.74 Å². The van der Waals surface area contributed by atoms with E-state index in [0.29, 0.717) is 18.1 Å². The molecule has 2 fully saturated rings. The monoisotopic (exact) mass is 441 g/mol. The highest BCUT2D eigenvalue weighted by molar-refractivity contribution is 7.59. The molecule has 0 aromatic heterocycles. The van der Waals surface area contributed by atoms with Crippen LogP contribution in [-0.4, -0.2) is 46.6 Å². The Bertz CT molecular complexity index is 989. The molecule has 7 nitrogen and oxygen atoms in total. The molecule has 0 bridgehead atoms. The van der Waals surface area contributed by atoms with Crippen molar-refractivity contribution in [2.75, 3.05) is 32.3 Å². The zero-order valence-electron chi connectivity index (χ0n) is 15.8. The largest absolute Gasteiger partial charge is 0.450 e. The van der Waals surface area contributed by atoms with Gasteiger partial charge >= 0.3 is 11.9 Å². The highest BCUT2D eigenvalue weighted by Crippen LogP contribution is 2.60. The molecule has 0 radical (unpaired) electrons. The van der Waals surface area contributed by atoms with Gasteiger partial charge in [0, 0.05) is 38.4 Å². The van der Waals surface area contributed by atoms with Gasteiger partial charge in [0.25, 0.3) is 0 Å². The van der Waals surface area contributed by atoms with Crippen LogP contribution in [0.3, 0.4) is 0 Å². The lowest BCUT2D eigenvalue weighted by Gasteiger charge is -2.20. The highest BCUT2D eigenvalue weighted by atomic mass is 31.2. The molecular weight excluding hydrogens is 422 g/mol. The lowest BCUT2D eigenvalue weighted by Crippen LogP contribution is -2.10. The van der Waals surface area contributed by atoms with Gasteiger partial charge in [0.15, 0.2) is 0 Å². The van der Waals surface area contributed by atoms with Crippen molar-refractivity contribution in [3.05, 3.63) is 63.7 Å². The summed E-state index contributed by atoms with van der Waals surface area (Å²) >= 11 is 0. The summed E-state index contributed by atoms with van der Waals surface area (Å²) in [4.78, 5) is 10.7. The first-order valence-corrected chi connectivity index (χ1v) is 11.2. The molecule has 0 aliphatic carbocycles. The van der Waals surface area contributed by atoms with Crippen LogP contribution in [0.25, 0.3) is 0 Å². The first-order valence-electron chi connectivity index (χ1n) is 9.39. The number of nitrogens with zero attached hydrogens (tertiary/aromatic N) is 3. The molecule has 0 N–H and O–H groups in total. The van der Waals surface area contributed by atoms with Gasteiger partial charge in [-0.25, -0.2) is 9.34 Å². The Hall–Kier alpha value is -2.42. The third kappa shape index (κ3) is 4.50. The number of alkyl halides is 3. The van der Waals surface area contributed by atoms with Crippen molar-refractivity contribution in [3.8, 4) is 11.5 Å². The minimum Gasteiger partial charge on any atom is -0.450 e. The molecule has 2 aromatic carbocycles. The van der Waals surface area contributed by atoms with Crippen LogP contribution in [0.2, 0.25) is 0 Å². The third-order valence-electron chi connectivity index (χ3n) is 5.05. The number of nitro benzene ring substituents is 1. The molecule has 0 spiro atoms. The van der Waals surface area contributed by atoms with E-state index < -0.39 is 24.1 Å². The normalized spacial score (nSPS) is 17.0. The van der Waals surface area contributed by atoms with Crippen LogP contribution >= 0.6 is 7.44 Å². The van der Waals surface area contributed by atoms with E-state index in [1.165, 1.54) is 12.1 Å². The number of rotatable bonds is 8. The molecule has 0 atom stereocenters. The number of aryl methyl sites for hydroxylation is 1. The van der Waals surface area contributed by atoms with Crippen LogP contribution in [-0.2, 0) is 17.2 Å². The number of hydrogen-bond acceptors (Lipinski definition) is 4. The number of hydrogen-bond donors (Lipinski definition) is 0. The quantitative estimate of drug-likeness (QED) is 0.254. The van der Waals surface area contributed by atoms with E-state index in [-0.39, 0.29) is 17.2 Å². The highest BCUT2D eigenvalue weighted by Gasteiger charge is 2.46. The van der Waals surface area contributed by atoms with Crippen molar-refractivity contribution >= 4 is 13.1 Å². The summed E-state index contributed by atoms with van der Waals surface area (Å²) in [6.45, 7) is 3.26. The van der Waals surface area contributed by atoms with Gasteiger partial charge in [-0.1, -0.05) is 6.07 Å². The number of ether oxygens (including phenoxy) is 1. The molecule has 2 aliphatic rings. The van der Waals surface area contributed by atoms with Crippen LogP contribution in [0.4, 0.5) is 18.9 Å². The number of halogens is 3. The van der Waals surface area contributed by atoms with Crippen molar-refractivity contribution < 1.29 is 27.4 Å². The Morgan fingerprint density at radius 2 is 1.63 bits per heavy atom. The van der Waals surface area contributed by atoms with Gasteiger partial charge in [0.05, 0.1) is 10.5 Å². The van der Waals surface area contributed by atoms with Gasteiger partial charge < -0.3 is 4.74 Å². The molecule has 4 rings (SSSR count). The lowest BCUT2D eigenvalue weighted by molar-refractivity contribution is -0.385. The van der Waals surface area contributed by atoms with Crippen molar-refractivity contribution in [3.63, 3.8) is 0 Å². The van der Waals surface area contributed by atoms with Gasteiger partial charge in [0.1, 0.15) is 5.75 Å². The Labute approximate surface area is 170 Å². The summed E-state index contributed by atoms with van der Waals surface area (Å²) in [5.74, 6) is -0.00680. The molecule has 11 heteroatoms. The predicted molar refractivity (Wildman–Crippen MR) is 104 cm³/mol. The minimum absolute atomic E-state index is 0.0575. The van der Waals surface area contributed by atoms with E-state index >= 15 is 0 Å². The summed E-state index contributed by atoms with van der Waals surface area (Å²) in [5, 5.41) is 11.3. The van der Waals surface area contributed by atoms with Crippen molar-refractivity contribution in [2.45, 2.75) is 12.6 Å². The van der Waals surface area contributed by atoms with E-state index in [1.807, 2.05) is 9.34 Å². The van der Waals surface area contributed by atoms with E-state index in [0.717, 1.165) is 50.4 Å². The maximum absolute atomic E-state index is 13.2. The van der Waals surface area contributed by atoms with Crippen molar-refractivity contribution in [1.29, 1.82) is 0 Å². The van der Waals surface area contributed by atoms with Gasteiger partial charge in [-0.2, -0.15) is 13.2 Å². The first kappa shape index (κ1) is 20.8. The lowest BCUT2D eigenvalue weighted by atomic mass is 10.1. The summed E-state index contributed by atoms with van der Waals surface area (Å²) in [7, 11) is -2.56. The molecule has 160 valence electrons. The Morgan fingerprint density at radius 3 is 2.13 bits per heavy atom. The maximum atomic E-state index is 13.2. The smallest absolute Gasteiger partial charge is 0.416 e. The van der Waals surface area contributed by atoms with Gasteiger partial charge in [-0.15, -0.1) is 0 Å². The third-order valence-corrected chi connectivity index (χ3v) is 8.43. The fourth-order valence-electron chi connectivity index (χ4n) is 3.24. The number of nitro groups is 1. The molecule has 2 aromatic rings. The molecule has 0 unspecified atom stereocenters. The maximum Gasteiger partial charge on any atom is 0.416 e. The van der Waals surface area contributed by atoms with Crippen LogP contribution in [0.1, 0.15) is 11.1 Å². The van der Waals surface area contributed by atoms with E-state index in [2.05, 4.69) is 0 Å². The molecule has 2 saturated heterocycles. The topological polar surface area (TPSA) is 75.5 Å². The average Bonchev–Trinajstić information content (AvgIpc) is 3.57. The van der Waals surface area contributed by atoms with Gasteiger partial charge in [-0.3, -0.25) is 14.7 Å². The molecule has 0 saturated carbocycles. The summed E-state index contributed by atoms with van der Waals surface area (Å²) < 4.78 is 60.8. The molecule has 2 heterocycles. The molecule has 30 heavy (non-hydrogen) atoms. The second-order valence-corrected chi connectivity index (χ2v) is 10.1. The zero-order valence-corrected chi connectivity index (χ0v) is 16.7. The van der Waals surface area contributed by atoms with Crippen LogP contribution in [0.5, 0.6) is 11.5 Å². The Kier molecular flexibility index (Phi) is 5.34. The van der Waals surface area contributed by atoms with Crippen LogP contribution in [0.15, 0.2) is 42.5 Å². The van der Waals surface area contributed by atoms with E-state index in [4.69, 9.17) is 4.74 Å².